The van der Waals surface area contributed by atoms with Crippen LogP contribution in [0.25, 0.3) is 0 Å². The quantitative estimate of drug-likeness (QED) is 0.0146. The van der Waals surface area contributed by atoms with E-state index < -0.39 is 91.5 Å². The third-order valence-electron chi connectivity index (χ3n) is 18.5. The summed E-state index contributed by atoms with van der Waals surface area (Å²) in [5.74, 6) is -1.61. The van der Waals surface area contributed by atoms with E-state index in [1.54, 1.807) is 0 Å². The standard InChI is InChI=1S/C99H162O16P2/c1-4-7-10-13-16-19-22-25-28-31-34-37-39-41-43-44-45-46-47-48-50-52-53-56-58-61-64-67-70-73-76-79-82-85-97(102)109-88-94(100)89-111-116(105,106)112-90-95(101)91-113-117(107,108)114-93-96(115-99(104)87-84-81-78-75-72-69-66-63-60-55-36-33-30-27-24-21-18-15-12-9-6-3)92-110-98(103)86-83-80-77-74-71-68-65-62-59-57-54-51-49-42-40-38-35-32-29-26-23-20-17-14-11-8-5-2/h7-12,16-21,25-30,34-38,41-43,45-46,49,54-55,57,63,66,94-96,100-101H,4-6,13-15,22-24,31-33,39-40,44,47-48,50-53,56,58-62,64-65,67-93H2,1-3H3,(H,105,106)(H,107,108)/b10-7-,11-8-,12-9-,19-16-,20-17-,21-18-,28-25-,29-26-,30-27-,37-34-,38-35-,43-41-,46-45-,49-42-,55-36-,57-54-,66-63-. The number of ether oxygens (including phenoxy) is 3. The molecule has 664 valence electrons. The van der Waals surface area contributed by atoms with Crippen LogP contribution in [0, 0.1) is 0 Å². The lowest BCUT2D eigenvalue weighted by Crippen LogP contribution is -2.30. The molecule has 0 aliphatic carbocycles. The summed E-state index contributed by atoms with van der Waals surface area (Å²) in [4.78, 5) is 59.0. The van der Waals surface area contributed by atoms with E-state index in [4.69, 9.17) is 32.3 Å². The van der Waals surface area contributed by atoms with Gasteiger partial charge in [0.2, 0.25) is 0 Å². The lowest BCUT2D eigenvalue weighted by molar-refractivity contribution is -0.161. The SMILES string of the molecule is CC/C=C\C/C=C\C/C=C\C/C=C\C/C=C\C/C=C\CCCCCCCCCCCCCCCCC(=O)OCC(O)COP(=O)(O)OCC(O)COP(=O)(O)OCC(COC(=O)CCCCCCCCCC/C=C\C/C=C\C/C=C\C/C=C\C/C=C\C/C=C\CC)OC(=O)CCCCCCC/C=C\C/C=C\C/C=C\C/C=C\C/C=C\CC. The minimum Gasteiger partial charge on any atom is -0.463 e. The van der Waals surface area contributed by atoms with Gasteiger partial charge in [0, 0.05) is 19.3 Å². The van der Waals surface area contributed by atoms with E-state index in [9.17, 15) is 43.5 Å². The molecule has 0 aromatic rings. The molecule has 0 saturated carbocycles. The number of hydrogen-bond donors (Lipinski definition) is 4. The van der Waals surface area contributed by atoms with Crippen LogP contribution >= 0.6 is 15.6 Å². The maximum atomic E-state index is 13.1. The Labute approximate surface area is 711 Å². The van der Waals surface area contributed by atoms with Crippen molar-refractivity contribution >= 4 is 33.6 Å². The third-order valence-corrected chi connectivity index (χ3v) is 20.4. The lowest BCUT2D eigenvalue weighted by atomic mass is 10.0. The van der Waals surface area contributed by atoms with E-state index in [0.717, 1.165) is 212 Å². The monoisotopic (exact) mass is 1670 g/mol. The normalized spacial score (nSPS) is 14.8. The van der Waals surface area contributed by atoms with Crippen molar-refractivity contribution in [3.8, 4) is 0 Å². The van der Waals surface area contributed by atoms with Gasteiger partial charge in [-0.2, -0.15) is 0 Å². The van der Waals surface area contributed by atoms with Crippen LogP contribution in [0.5, 0.6) is 0 Å². The molecule has 0 heterocycles. The summed E-state index contributed by atoms with van der Waals surface area (Å²) in [5.41, 5.74) is 0. The smallest absolute Gasteiger partial charge is 0.463 e. The van der Waals surface area contributed by atoms with E-state index in [-0.39, 0.29) is 19.3 Å². The molecule has 0 saturated heterocycles. The second-order valence-corrected chi connectivity index (χ2v) is 32.5. The second kappa shape index (κ2) is 89.4. The van der Waals surface area contributed by atoms with Crippen LogP contribution in [0.2, 0.25) is 0 Å². The van der Waals surface area contributed by atoms with Crippen LogP contribution in [0.1, 0.15) is 342 Å². The molecule has 117 heavy (non-hydrogen) atoms. The fraction of sp³-hybridized carbons (Fsp3) is 0.626. The summed E-state index contributed by atoms with van der Waals surface area (Å²) >= 11 is 0. The van der Waals surface area contributed by atoms with Crippen molar-refractivity contribution in [3.05, 3.63) is 207 Å². The fourth-order valence-electron chi connectivity index (χ4n) is 11.7. The van der Waals surface area contributed by atoms with E-state index in [0.29, 0.717) is 19.3 Å². The molecule has 0 amide bonds. The molecule has 0 fully saturated rings. The van der Waals surface area contributed by atoms with Gasteiger partial charge in [-0.1, -0.05) is 362 Å². The molecule has 0 aliphatic heterocycles. The molecular weight excluding hydrogens is 1510 g/mol. The Bertz CT molecular complexity index is 2960. The number of aliphatic hydroxyl groups is 2. The molecule has 0 radical (unpaired) electrons. The van der Waals surface area contributed by atoms with Gasteiger partial charge in [0.05, 0.1) is 26.4 Å². The van der Waals surface area contributed by atoms with Crippen LogP contribution in [-0.4, -0.2) is 95.9 Å². The van der Waals surface area contributed by atoms with Crippen molar-refractivity contribution in [3.63, 3.8) is 0 Å². The van der Waals surface area contributed by atoms with Crippen LogP contribution < -0.4 is 0 Å². The molecule has 0 aromatic heterocycles. The summed E-state index contributed by atoms with van der Waals surface area (Å²) in [6, 6.07) is 0. The highest BCUT2D eigenvalue weighted by Crippen LogP contribution is 2.45. The van der Waals surface area contributed by atoms with Crippen molar-refractivity contribution < 1.29 is 75.8 Å². The van der Waals surface area contributed by atoms with Crippen molar-refractivity contribution in [2.45, 2.75) is 360 Å². The largest absolute Gasteiger partial charge is 0.472 e. The topological polar surface area (TPSA) is 231 Å². The number of unbranched alkanes of at least 4 members (excludes halogenated alkanes) is 27. The van der Waals surface area contributed by atoms with Gasteiger partial charge in [0.1, 0.15) is 25.4 Å². The zero-order valence-corrected chi connectivity index (χ0v) is 74.8. The highest BCUT2D eigenvalue weighted by molar-refractivity contribution is 7.47. The molecule has 5 unspecified atom stereocenters. The van der Waals surface area contributed by atoms with Crippen molar-refractivity contribution in [2.24, 2.45) is 0 Å². The summed E-state index contributed by atoms with van der Waals surface area (Å²) in [5, 5.41) is 20.7. The fourth-order valence-corrected chi connectivity index (χ4v) is 13.3. The zero-order chi connectivity index (χ0) is 85.1. The van der Waals surface area contributed by atoms with Gasteiger partial charge in [0.25, 0.3) is 0 Å². The highest BCUT2D eigenvalue weighted by atomic mass is 31.2. The van der Waals surface area contributed by atoms with Gasteiger partial charge in [-0.15, -0.1) is 0 Å². The van der Waals surface area contributed by atoms with Gasteiger partial charge < -0.3 is 34.2 Å². The average molecular weight is 1670 g/mol. The van der Waals surface area contributed by atoms with Gasteiger partial charge in [-0.3, -0.25) is 32.5 Å². The first-order chi connectivity index (χ1) is 57.2. The molecular formula is C99H162O16P2. The number of aliphatic hydroxyl groups excluding tert-OH is 2. The Morgan fingerprint density at radius 3 is 0.675 bits per heavy atom. The van der Waals surface area contributed by atoms with Crippen molar-refractivity contribution in [1.29, 1.82) is 0 Å². The van der Waals surface area contributed by atoms with Gasteiger partial charge in [0.15, 0.2) is 6.10 Å². The lowest BCUT2D eigenvalue weighted by Gasteiger charge is -2.21. The van der Waals surface area contributed by atoms with Crippen LogP contribution in [0.4, 0.5) is 0 Å². The van der Waals surface area contributed by atoms with E-state index in [2.05, 4.69) is 227 Å². The van der Waals surface area contributed by atoms with E-state index >= 15 is 0 Å². The number of phosphoric ester groups is 2. The molecule has 0 bridgehead atoms. The van der Waals surface area contributed by atoms with Crippen molar-refractivity contribution in [1.82, 2.24) is 0 Å². The zero-order valence-electron chi connectivity index (χ0n) is 73.0. The molecule has 0 spiro atoms. The van der Waals surface area contributed by atoms with Crippen LogP contribution in [-0.2, 0) is 55.8 Å². The molecule has 0 aromatic carbocycles. The summed E-state index contributed by atoms with van der Waals surface area (Å²) in [6.07, 6.45) is 120. The van der Waals surface area contributed by atoms with E-state index in [1.165, 1.54) is 70.6 Å². The summed E-state index contributed by atoms with van der Waals surface area (Å²) in [6.45, 7) is 2.32. The maximum Gasteiger partial charge on any atom is 0.472 e. The summed E-state index contributed by atoms with van der Waals surface area (Å²) < 4.78 is 61.4. The average Bonchev–Trinajstić information content (AvgIpc) is 0.902. The third kappa shape index (κ3) is 90.7. The maximum absolute atomic E-state index is 13.1. The molecule has 5 atom stereocenters. The molecule has 18 heteroatoms. The minimum absolute atomic E-state index is 0.0730. The summed E-state index contributed by atoms with van der Waals surface area (Å²) in [7, 11) is -9.83. The Kier molecular flexibility index (Phi) is 84.9. The first-order valence-corrected chi connectivity index (χ1v) is 48.4. The second-order valence-electron chi connectivity index (χ2n) is 29.6. The predicted molar refractivity (Wildman–Crippen MR) is 491 cm³/mol. The Hall–Kier alpha value is -5.87. The number of hydrogen-bond acceptors (Lipinski definition) is 14. The van der Waals surface area contributed by atoms with Gasteiger partial charge in [-0.25, -0.2) is 9.13 Å². The van der Waals surface area contributed by atoms with Gasteiger partial charge >= 0.3 is 33.6 Å². The van der Waals surface area contributed by atoms with Crippen LogP contribution in [0.15, 0.2) is 207 Å². The van der Waals surface area contributed by atoms with Gasteiger partial charge in [-0.05, 0) is 167 Å². The van der Waals surface area contributed by atoms with Crippen LogP contribution in [0.3, 0.4) is 0 Å². The first-order valence-electron chi connectivity index (χ1n) is 45.4. The number of rotatable bonds is 84. The highest BCUT2D eigenvalue weighted by Gasteiger charge is 2.29. The number of allylic oxidation sites excluding steroid dienone is 34. The number of carbonyl (C=O) groups is 3. The first kappa shape index (κ1) is 111. The Balaban J connectivity index is 4.62. The Morgan fingerprint density at radius 2 is 0.427 bits per heavy atom. The number of esters is 3. The molecule has 4 N–H and O–H groups in total. The molecule has 0 rings (SSSR count). The molecule has 16 nitrogen and oxygen atoms in total. The number of phosphoric acid groups is 2. The predicted octanol–water partition coefficient (Wildman–Crippen LogP) is 28.0. The Morgan fingerprint density at radius 1 is 0.239 bits per heavy atom. The molecule has 0 aliphatic rings. The van der Waals surface area contributed by atoms with E-state index in [1.807, 2.05) is 0 Å². The number of carbonyl (C=O) groups excluding carboxylic acids is 3. The van der Waals surface area contributed by atoms with Crippen molar-refractivity contribution in [2.75, 3.05) is 39.6 Å². The minimum atomic E-state index is -4.96.